The maximum absolute atomic E-state index is 11.0. The summed E-state index contributed by atoms with van der Waals surface area (Å²) >= 11 is 7.36. The van der Waals surface area contributed by atoms with Crippen LogP contribution in [-0.4, -0.2) is 79.9 Å². The minimum Gasteiger partial charge on any atom is -0.368 e. The van der Waals surface area contributed by atoms with E-state index in [0.717, 1.165) is 36.1 Å². The molecule has 0 aliphatic carbocycles. The van der Waals surface area contributed by atoms with Crippen molar-refractivity contribution in [3.8, 4) is 0 Å². The maximum Gasteiger partial charge on any atom is 0.259 e. The van der Waals surface area contributed by atoms with E-state index in [4.69, 9.17) is 0 Å². The van der Waals surface area contributed by atoms with Crippen LogP contribution in [0.2, 0.25) is 0 Å². The molecule has 1 N–H and O–H groups in total. The summed E-state index contributed by atoms with van der Waals surface area (Å²) in [6, 6.07) is 8.77. The summed E-state index contributed by atoms with van der Waals surface area (Å²) in [5, 5.41) is 14.2. The second-order valence-electron chi connectivity index (χ2n) is 8.06. The summed E-state index contributed by atoms with van der Waals surface area (Å²) in [4.78, 5) is 24.9. The van der Waals surface area contributed by atoms with Crippen LogP contribution in [0.3, 0.4) is 0 Å². The van der Waals surface area contributed by atoms with E-state index in [2.05, 4.69) is 72.6 Å². The van der Waals surface area contributed by atoms with Gasteiger partial charge in [-0.25, -0.2) is 0 Å². The standard InChI is InChI=1S/C22H35N5O2S4/c1-25(2)13-18-5-7-20(32-18)16-30-11-9-23-22(15-27(28)29)24-10-12-31-17-21-8-6-19(33-21)14-26(3)4/h5-8H,9-17H2,1-4H3,(H,23,24). The van der Waals surface area contributed by atoms with Crippen molar-refractivity contribution < 1.29 is 4.92 Å². The topological polar surface area (TPSA) is 74.0 Å². The lowest BCUT2D eigenvalue weighted by atomic mass is 10.4. The molecule has 0 atom stereocenters. The van der Waals surface area contributed by atoms with E-state index in [9.17, 15) is 10.1 Å². The first-order valence-electron chi connectivity index (χ1n) is 10.8. The molecule has 184 valence electrons. The molecule has 0 aliphatic heterocycles. The van der Waals surface area contributed by atoms with E-state index in [1.807, 2.05) is 46.2 Å². The van der Waals surface area contributed by atoms with Gasteiger partial charge in [-0.2, -0.15) is 23.5 Å². The van der Waals surface area contributed by atoms with Crippen LogP contribution >= 0.6 is 46.2 Å². The fraction of sp³-hybridized carbons (Fsp3) is 0.591. The quantitative estimate of drug-likeness (QED) is 0.114. The van der Waals surface area contributed by atoms with Gasteiger partial charge in [-0.15, -0.1) is 22.7 Å². The van der Waals surface area contributed by atoms with Crippen molar-refractivity contribution in [2.24, 2.45) is 4.99 Å². The molecule has 0 bridgehead atoms. The maximum atomic E-state index is 11.0. The summed E-state index contributed by atoms with van der Waals surface area (Å²) in [7, 11) is 8.31. The van der Waals surface area contributed by atoms with Gasteiger partial charge in [0.05, 0.1) is 6.54 Å². The Hall–Kier alpha value is -1.11. The molecule has 0 aromatic carbocycles. The van der Waals surface area contributed by atoms with Gasteiger partial charge in [0.25, 0.3) is 6.54 Å². The first kappa shape index (κ1) is 28.1. The highest BCUT2D eigenvalue weighted by atomic mass is 32.2. The number of nitro groups is 1. The molecule has 2 aromatic rings. The Kier molecular flexibility index (Phi) is 13.4. The normalized spacial score (nSPS) is 12.1. The molecule has 33 heavy (non-hydrogen) atoms. The minimum absolute atomic E-state index is 0.243. The van der Waals surface area contributed by atoms with Crippen LogP contribution in [0.4, 0.5) is 0 Å². The molecule has 0 saturated carbocycles. The molecule has 0 radical (unpaired) electrons. The molecule has 0 saturated heterocycles. The lowest BCUT2D eigenvalue weighted by molar-refractivity contribution is -0.463. The van der Waals surface area contributed by atoms with E-state index < -0.39 is 0 Å². The largest absolute Gasteiger partial charge is 0.368 e. The van der Waals surface area contributed by atoms with E-state index >= 15 is 0 Å². The van der Waals surface area contributed by atoms with E-state index in [-0.39, 0.29) is 11.5 Å². The average molecular weight is 530 g/mol. The van der Waals surface area contributed by atoms with Crippen molar-refractivity contribution in [2.45, 2.75) is 24.6 Å². The van der Waals surface area contributed by atoms with Crippen molar-refractivity contribution in [1.82, 2.24) is 15.1 Å². The Balaban J connectivity index is 1.64. The number of hydrogen-bond donors (Lipinski definition) is 1. The van der Waals surface area contributed by atoms with Crippen LogP contribution < -0.4 is 5.32 Å². The number of rotatable bonds is 16. The number of thioether (sulfide) groups is 2. The molecule has 2 rings (SSSR count). The Morgan fingerprint density at radius 3 is 1.97 bits per heavy atom. The van der Waals surface area contributed by atoms with Crippen molar-refractivity contribution in [3.63, 3.8) is 0 Å². The van der Waals surface area contributed by atoms with Crippen molar-refractivity contribution in [2.75, 3.05) is 59.3 Å². The molecule has 0 unspecified atom stereocenters. The van der Waals surface area contributed by atoms with Gasteiger partial charge < -0.3 is 15.1 Å². The number of amidine groups is 1. The van der Waals surface area contributed by atoms with Crippen molar-refractivity contribution in [1.29, 1.82) is 0 Å². The summed E-state index contributed by atoms with van der Waals surface area (Å²) in [5.41, 5.74) is 0. The predicted octanol–water partition coefficient (Wildman–Crippen LogP) is 4.36. The summed E-state index contributed by atoms with van der Waals surface area (Å²) in [5.74, 6) is 4.15. The smallest absolute Gasteiger partial charge is 0.259 e. The van der Waals surface area contributed by atoms with Crippen LogP contribution in [-0.2, 0) is 24.6 Å². The highest BCUT2D eigenvalue weighted by Gasteiger charge is 2.08. The molecule has 0 amide bonds. The van der Waals surface area contributed by atoms with Crippen molar-refractivity contribution >= 4 is 52.0 Å². The fourth-order valence-corrected chi connectivity index (χ4v) is 7.12. The third-order valence-corrected chi connectivity index (χ3v) is 8.76. The number of thiophene rings is 2. The number of aliphatic imine (C=N–C) groups is 1. The van der Waals surface area contributed by atoms with Crippen LogP contribution in [0.15, 0.2) is 29.3 Å². The van der Waals surface area contributed by atoms with Gasteiger partial charge in [-0.1, -0.05) is 0 Å². The van der Waals surface area contributed by atoms with Crippen LogP contribution in [0.5, 0.6) is 0 Å². The number of nitrogens with one attached hydrogen (secondary N) is 1. The summed E-state index contributed by atoms with van der Waals surface area (Å²) in [6.07, 6.45) is 0. The van der Waals surface area contributed by atoms with Gasteiger partial charge >= 0.3 is 0 Å². The summed E-state index contributed by atoms with van der Waals surface area (Å²) in [6.45, 7) is 2.98. The van der Waals surface area contributed by atoms with Crippen LogP contribution in [0.1, 0.15) is 19.5 Å². The lowest BCUT2D eigenvalue weighted by Crippen LogP contribution is -2.32. The Labute approximate surface area is 214 Å². The first-order chi connectivity index (χ1) is 15.8. The molecule has 0 aliphatic rings. The molecule has 0 spiro atoms. The van der Waals surface area contributed by atoms with Gasteiger partial charge in [-0.3, -0.25) is 15.1 Å². The molecular formula is C22H35N5O2S4. The first-order valence-corrected chi connectivity index (χ1v) is 14.7. The third kappa shape index (κ3) is 12.8. The molecule has 2 heterocycles. The second kappa shape index (κ2) is 15.7. The van der Waals surface area contributed by atoms with E-state index in [1.54, 1.807) is 0 Å². The van der Waals surface area contributed by atoms with Crippen molar-refractivity contribution in [3.05, 3.63) is 53.9 Å². The zero-order valence-corrected chi connectivity index (χ0v) is 23.2. The molecule has 11 heteroatoms. The monoisotopic (exact) mass is 529 g/mol. The molecule has 0 fully saturated rings. The zero-order valence-electron chi connectivity index (χ0n) is 19.9. The Morgan fingerprint density at radius 1 is 0.939 bits per heavy atom. The van der Waals surface area contributed by atoms with Gasteiger partial charge in [0.15, 0.2) is 5.84 Å². The minimum atomic E-state index is -0.317. The van der Waals surface area contributed by atoms with Crippen LogP contribution in [0.25, 0.3) is 0 Å². The molecule has 2 aromatic heterocycles. The molecule has 7 nitrogen and oxygen atoms in total. The van der Waals surface area contributed by atoms with Gasteiger partial charge in [0.1, 0.15) is 0 Å². The van der Waals surface area contributed by atoms with E-state index in [0.29, 0.717) is 18.9 Å². The number of nitrogens with zero attached hydrogens (tertiary/aromatic N) is 4. The number of hydrogen-bond acceptors (Lipinski definition) is 9. The Morgan fingerprint density at radius 2 is 1.45 bits per heavy atom. The Bertz CT molecular complexity index is 867. The fourth-order valence-electron chi connectivity index (χ4n) is 2.94. The SMILES string of the molecule is CN(C)Cc1ccc(CSCCN=C(C[N+](=O)[O-])NCCSCc2ccc(CN(C)C)s2)s1. The van der Waals surface area contributed by atoms with Crippen LogP contribution in [0, 0.1) is 10.1 Å². The highest BCUT2D eigenvalue weighted by molar-refractivity contribution is 7.98. The van der Waals surface area contributed by atoms with E-state index in [1.165, 1.54) is 19.5 Å². The zero-order chi connectivity index (χ0) is 24.1. The third-order valence-electron chi connectivity index (χ3n) is 4.26. The summed E-state index contributed by atoms with van der Waals surface area (Å²) < 4.78 is 0. The average Bonchev–Trinajstić information content (AvgIpc) is 3.35. The van der Waals surface area contributed by atoms with Gasteiger partial charge in [0, 0.05) is 67.1 Å². The predicted molar refractivity (Wildman–Crippen MR) is 148 cm³/mol. The van der Waals surface area contributed by atoms with Gasteiger partial charge in [-0.05, 0) is 52.5 Å². The molecular weight excluding hydrogens is 495 g/mol. The lowest BCUT2D eigenvalue weighted by Gasteiger charge is -2.07. The second-order valence-corrected chi connectivity index (χ2v) is 12.8. The highest BCUT2D eigenvalue weighted by Crippen LogP contribution is 2.23. The van der Waals surface area contributed by atoms with Gasteiger partial charge in [0.2, 0.25) is 0 Å².